The minimum atomic E-state index is -0.555. The number of halogens is 1. The highest BCUT2D eigenvalue weighted by molar-refractivity contribution is 7.98. The number of aryl methyl sites for hydroxylation is 2. The first-order chi connectivity index (χ1) is 23.8. The third kappa shape index (κ3) is 8.23. The molecule has 5 rings (SSSR count). The van der Waals surface area contributed by atoms with Crippen molar-refractivity contribution in [1.82, 2.24) is 25.1 Å². The first-order valence-electron chi connectivity index (χ1n) is 15.8. The van der Waals surface area contributed by atoms with Crippen molar-refractivity contribution in [3.05, 3.63) is 116 Å². The van der Waals surface area contributed by atoms with Gasteiger partial charge in [-0.15, -0.1) is 0 Å². The number of rotatable bonds is 10. The number of amides is 2. The van der Waals surface area contributed by atoms with E-state index in [1.54, 1.807) is 42.1 Å². The van der Waals surface area contributed by atoms with E-state index >= 15 is 0 Å². The van der Waals surface area contributed by atoms with Crippen molar-refractivity contribution >= 4 is 29.6 Å². The van der Waals surface area contributed by atoms with Crippen molar-refractivity contribution in [3.63, 3.8) is 0 Å². The zero-order valence-electron chi connectivity index (χ0n) is 28.9. The van der Waals surface area contributed by atoms with E-state index in [2.05, 4.69) is 20.6 Å². The van der Waals surface area contributed by atoms with Gasteiger partial charge < -0.3 is 19.8 Å². The molecule has 0 aliphatic carbocycles. The van der Waals surface area contributed by atoms with Gasteiger partial charge in [0.05, 0.1) is 24.1 Å². The molecule has 0 bridgehead atoms. The van der Waals surface area contributed by atoms with Crippen molar-refractivity contribution in [2.45, 2.75) is 58.3 Å². The van der Waals surface area contributed by atoms with Crippen LogP contribution in [0, 0.1) is 19.7 Å². The number of hydrogen-bond acceptors (Lipinski definition) is 8. The average molecular weight is 699 g/mol. The third-order valence-electron chi connectivity index (χ3n) is 7.96. The number of esters is 1. The molecule has 50 heavy (non-hydrogen) atoms. The number of carbonyl (C=O) groups excluding carboxylic acids is 2. The first-order valence-corrected chi connectivity index (χ1v) is 17.0. The van der Waals surface area contributed by atoms with Crippen LogP contribution in [0.5, 0.6) is 5.88 Å². The molecule has 2 heterocycles. The Hall–Kier alpha value is -5.43. The Morgan fingerprint density at radius 2 is 1.74 bits per heavy atom. The molecule has 2 aromatic heterocycles. The number of aromatic nitrogens is 4. The number of carbonyl (C=O) groups is 2. The molecule has 3 N–H and O–H groups in total. The Kier molecular flexibility index (Phi) is 10.8. The SMILES string of the molecule is COC(=O)c1ccc(C)c(-c2c(OCc3ccc(F)cc3CNC(=O)Nc3cc(C(C)(C)C)nn3-c3ccc(C)cc3)nc(SC)[nH]c2=O)c1. The fourth-order valence-corrected chi connectivity index (χ4v) is 5.48. The number of aromatic amines is 1. The highest BCUT2D eigenvalue weighted by Gasteiger charge is 2.23. The van der Waals surface area contributed by atoms with E-state index in [4.69, 9.17) is 14.6 Å². The van der Waals surface area contributed by atoms with Gasteiger partial charge in [0.25, 0.3) is 5.56 Å². The van der Waals surface area contributed by atoms with Crippen LogP contribution in [0.4, 0.5) is 15.0 Å². The van der Waals surface area contributed by atoms with E-state index in [0.29, 0.717) is 33.2 Å². The average Bonchev–Trinajstić information content (AvgIpc) is 3.51. The quantitative estimate of drug-likeness (QED) is 0.0799. The molecule has 0 spiro atoms. The van der Waals surface area contributed by atoms with Gasteiger partial charge in [-0.1, -0.05) is 62.4 Å². The zero-order valence-corrected chi connectivity index (χ0v) is 29.8. The Morgan fingerprint density at radius 1 is 1.00 bits per heavy atom. The second kappa shape index (κ2) is 15.0. The predicted octanol–water partition coefficient (Wildman–Crippen LogP) is 7.09. The minimum absolute atomic E-state index is 0.0287. The maximum atomic E-state index is 14.5. The summed E-state index contributed by atoms with van der Waals surface area (Å²) < 4.78 is 27.2. The van der Waals surface area contributed by atoms with Gasteiger partial charge in [0, 0.05) is 18.0 Å². The fraction of sp³-hybridized carbons (Fsp3) is 0.270. The number of ether oxygens (including phenoxy) is 2. The van der Waals surface area contributed by atoms with E-state index in [1.807, 2.05) is 58.0 Å². The molecule has 0 saturated carbocycles. The van der Waals surface area contributed by atoms with E-state index in [1.165, 1.54) is 31.0 Å². The smallest absolute Gasteiger partial charge is 0.337 e. The molecule has 0 aliphatic rings. The Labute approximate surface area is 293 Å². The highest BCUT2D eigenvalue weighted by atomic mass is 32.2. The van der Waals surface area contributed by atoms with Gasteiger partial charge in [-0.05, 0) is 78.8 Å². The van der Waals surface area contributed by atoms with Crippen LogP contribution < -0.4 is 20.9 Å². The monoisotopic (exact) mass is 698 g/mol. The summed E-state index contributed by atoms with van der Waals surface area (Å²) in [5.41, 5.74) is 4.52. The van der Waals surface area contributed by atoms with Gasteiger partial charge in [0.2, 0.25) is 5.88 Å². The van der Waals surface area contributed by atoms with Crippen molar-refractivity contribution in [2.24, 2.45) is 0 Å². The second-order valence-corrected chi connectivity index (χ2v) is 13.5. The number of anilines is 1. The van der Waals surface area contributed by atoms with Crippen LogP contribution in [0.25, 0.3) is 16.8 Å². The van der Waals surface area contributed by atoms with Crippen LogP contribution in [0.1, 0.15) is 59.1 Å². The maximum absolute atomic E-state index is 14.5. The van der Waals surface area contributed by atoms with Gasteiger partial charge >= 0.3 is 12.0 Å². The van der Waals surface area contributed by atoms with Gasteiger partial charge in [0.1, 0.15) is 23.8 Å². The highest BCUT2D eigenvalue weighted by Crippen LogP contribution is 2.31. The zero-order chi connectivity index (χ0) is 36.2. The molecule has 0 atom stereocenters. The van der Waals surface area contributed by atoms with Crippen molar-refractivity contribution in [3.8, 4) is 22.7 Å². The van der Waals surface area contributed by atoms with Crippen LogP contribution in [0.15, 0.2) is 76.7 Å². The summed E-state index contributed by atoms with van der Waals surface area (Å²) in [6, 6.07) is 18.1. The topological polar surface area (TPSA) is 140 Å². The summed E-state index contributed by atoms with van der Waals surface area (Å²) in [5, 5.41) is 10.8. The van der Waals surface area contributed by atoms with E-state index in [-0.39, 0.29) is 35.6 Å². The molecule has 3 aromatic carbocycles. The second-order valence-electron chi connectivity index (χ2n) is 12.7. The number of benzene rings is 3. The number of urea groups is 1. The molecule has 0 unspecified atom stereocenters. The Balaban J connectivity index is 1.38. The summed E-state index contributed by atoms with van der Waals surface area (Å²) in [6.07, 6.45) is 1.76. The summed E-state index contributed by atoms with van der Waals surface area (Å²) >= 11 is 1.23. The predicted molar refractivity (Wildman–Crippen MR) is 192 cm³/mol. The molecule has 0 radical (unpaired) electrons. The lowest BCUT2D eigenvalue weighted by Gasteiger charge is -2.16. The lowest BCUT2D eigenvalue weighted by molar-refractivity contribution is 0.0600. The molecule has 0 aliphatic heterocycles. The molecular weight excluding hydrogens is 660 g/mol. The lowest BCUT2D eigenvalue weighted by atomic mass is 9.92. The third-order valence-corrected chi connectivity index (χ3v) is 8.54. The van der Waals surface area contributed by atoms with E-state index < -0.39 is 23.4 Å². The van der Waals surface area contributed by atoms with Crippen molar-refractivity contribution in [2.75, 3.05) is 18.7 Å². The summed E-state index contributed by atoms with van der Waals surface area (Å²) in [5.74, 6) is -0.542. The van der Waals surface area contributed by atoms with Gasteiger partial charge in [-0.3, -0.25) is 10.1 Å². The summed E-state index contributed by atoms with van der Waals surface area (Å²) in [7, 11) is 1.28. The number of thioether (sulfide) groups is 1. The minimum Gasteiger partial charge on any atom is -0.472 e. The van der Waals surface area contributed by atoms with Gasteiger partial charge in [-0.2, -0.15) is 10.1 Å². The van der Waals surface area contributed by atoms with Crippen LogP contribution in [0.2, 0.25) is 0 Å². The Bertz CT molecular complexity index is 2100. The molecule has 5 aromatic rings. The van der Waals surface area contributed by atoms with Crippen molar-refractivity contribution < 1.29 is 23.5 Å². The maximum Gasteiger partial charge on any atom is 0.337 e. The fourth-order valence-electron chi connectivity index (χ4n) is 5.11. The molecule has 11 nitrogen and oxygen atoms in total. The summed E-state index contributed by atoms with van der Waals surface area (Å²) in [4.78, 5) is 46.1. The number of H-pyrrole nitrogens is 1. The number of hydrogen-bond donors (Lipinski definition) is 3. The van der Waals surface area contributed by atoms with Crippen molar-refractivity contribution in [1.29, 1.82) is 0 Å². The lowest BCUT2D eigenvalue weighted by Crippen LogP contribution is -2.29. The van der Waals surface area contributed by atoms with E-state index in [0.717, 1.165) is 16.9 Å². The number of methoxy groups -OCH3 is 1. The van der Waals surface area contributed by atoms with Crippen LogP contribution in [-0.2, 0) is 23.3 Å². The van der Waals surface area contributed by atoms with Crippen LogP contribution >= 0.6 is 11.8 Å². The molecule has 0 fully saturated rings. The standard InChI is InChI=1S/C37H39FN6O5S/c1-21-8-14-27(15-9-21)44-30(18-29(43-44)37(3,4)5)40-35(47)39-19-25-16-26(38)13-12-24(25)20-49-33-31(32(45)41-36(42-33)50-7)28-17-23(34(46)48-6)11-10-22(28)2/h8-18H,19-20H2,1-7H3,(H2,39,40,47)(H,41,42,45). The number of nitrogens with zero attached hydrogens (tertiary/aromatic N) is 3. The summed E-state index contributed by atoms with van der Waals surface area (Å²) in [6.45, 7) is 9.79. The van der Waals surface area contributed by atoms with Gasteiger partial charge in [-0.25, -0.2) is 18.7 Å². The molecule has 2 amide bonds. The molecule has 0 saturated heterocycles. The first kappa shape index (κ1) is 35.9. The van der Waals surface area contributed by atoms with E-state index in [9.17, 15) is 18.8 Å². The largest absolute Gasteiger partial charge is 0.472 e. The number of nitrogens with one attached hydrogen (secondary N) is 3. The Morgan fingerprint density at radius 3 is 2.42 bits per heavy atom. The van der Waals surface area contributed by atoms with Gasteiger partial charge in [0.15, 0.2) is 5.16 Å². The molecular formula is C37H39FN6O5S. The van der Waals surface area contributed by atoms with Crippen LogP contribution in [0.3, 0.4) is 0 Å². The molecule has 13 heteroatoms. The molecule has 260 valence electrons. The normalized spacial score (nSPS) is 11.3. The van der Waals surface area contributed by atoms with Crippen LogP contribution in [-0.4, -0.2) is 45.1 Å².